The molecule has 2 nitrogen and oxygen atoms in total. The Morgan fingerprint density at radius 2 is 1.43 bits per heavy atom. The van der Waals surface area contributed by atoms with Gasteiger partial charge in [-0.2, -0.15) is 0 Å². The second-order valence-electron chi connectivity index (χ2n) is 5.53. The molecule has 110 valence electrons. The van der Waals surface area contributed by atoms with Gasteiger partial charge in [-0.05, 0) is 44.1 Å². The molecule has 0 saturated carbocycles. The standard InChI is InChI=1S/C18H22N2S/c1-13(2)19-18(21)20-17(15-7-5-4-6-8-15)16-11-9-14(3)10-12-16/h4-13,17H,1-3H3,(H2,19,20,21)/t17-/m0/s1. The van der Waals surface area contributed by atoms with E-state index in [4.69, 9.17) is 12.2 Å². The first-order valence-corrected chi connectivity index (χ1v) is 7.65. The first kappa shape index (κ1) is 15.5. The molecular formula is C18H22N2S. The van der Waals surface area contributed by atoms with Crippen molar-refractivity contribution in [1.29, 1.82) is 0 Å². The Morgan fingerprint density at radius 1 is 0.857 bits per heavy atom. The molecule has 0 aliphatic carbocycles. The van der Waals surface area contributed by atoms with Gasteiger partial charge in [-0.1, -0.05) is 60.2 Å². The minimum absolute atomic E-state index is 0.0607. The normalized spacial score (nSPS) is 12.0. The summed E-state index contributed by atoms with van der Waals surface area (Å²) in [4.78, 5) is 0. The lowest BCUT2D eigenvalue weighted by Crippen LogP contribution is -2.41. The molecule has 0 unspecified atom stereocenters. The van der Waals surface area contributed by atoms with E-state index in [9.17, 15) is 0 Å². The number of hydrogen-bond acceptors (Lipinski definition) is 1. The van der Waals surface area contributed by atoms with Gasteiger partial charge < -0.3 is 10.6 Å². The highest BCUT2D eigenvalue weighted by molar-refractivity contribution is 7.80. The quantitative estimate of drug-likeness (QED) is 0.836. The minimum Gasteiger partial charge on any atom is -0.361 e. The Bertz CT molecular complexity index is 576. The van der Waals surface area contributed by atoms with Crippen LogP contribution in [0.4, 0.5) is 0 Å². The van der Waals surface area contributed by atoms with Crippen LogP contribution in [0.15, 0.2) is 54.6 Å². The van der Waals surface area contributed by atoms with Crippen LogP contribution in [0.25, 0.3) is 0 Å². The van der Waals surface area contributed by atoms with E-state index in [0.29, 0.717) is 11.2 Å². The number of nitrogens with one attached hydrogen (secondary N) is 2. The van der Waals surface area contributed by atoms with Crippen LogP contribution in [0.2, 0.25) is 0 Å². The van der Waals surface area contributed by atoms with Crippen LogP contribution < -0.4 is 10.6 Å². The van der Waals surface area contributed by atoms with Gasteiger partial charge in [0.1, 0.15) is 0 Å². The van der Waals surface area contributed by atoms with Gasteiger partial charge >= 0.3 is 0 Å². The van der Waals surface area contributed by atoms with Crippen molar-refractivity contribution in [2.24, 2.45) is 0 Å². The van der Waals surface area contributed by atoms with Crippen LogP contribution in [-0.2, 0) is 0 Å². The highest BCUT2D eigenvalue weighted by atomic mass is 32.1. The summed E-state index contributed by atoms with van der Waals surface area (Å²) in [5.74, 6) is 0. The molecule has 2 aromatic rings. The highest BCUT2D eigenvalue weighted by Crippen LogP contribution is 2.22. The molecule has 3 heteroatoms. The number of rotatable bonds is 4. The summed E-state index contributed by atoms with van der Waals surface area (Å²) in [6.07, 6.45) is 0. The molecule has 1 atom stereocenters. The zero-order valence-corrected chi connectivity index (χ0v) is 13.6. The summed E-state index contributed by atoms with van der Waals surface area (Å²) in [5, 5.41) is 7.35. The van der Waals surface area contributed by atoms with Gasteiger partial charge in [0, 0.05) is 6.04 Å². The summed E-state index contributed by atoms with van der Waals surface area (Å²) < 4.78 is 0. The van der Waals surface area contributed by atoms with Gasteiger partial charge in [0.2, 0.25) is 0 Å². The lowest BCUT2D eigenvalue weighted by atomic mass is 9.98. The second kappa shape index (κ2) is 7.23. The third-order valence-corrected chi connectivity index (χ3v) is 3.47. The van der Waals surface area contributed by atoms with Crippen LogP contribution in [0.3, 0.4) is 0 Å². The molecule has 0 heterocycles. The molecular weight excluding hydrogens is 276 g/mol. The maximum atomic E-state index is 5.41. The van der Waals surface area contributed by atoms with Crippen molar-refractivity contribution in [2.45, 2.75) is 32.9 Å². The molecule has 0 saturated heterocycles. The molecule has 21 heavy (non-hydrogen) atoms. The zero-order valence-electron chi connectivity index (χ0n) is 12.8. The Labute approximate surface area is 132 Å². The predicted octanol–water partition coefficient (Wildman–Crippen LogP) is 3.96. The average Bonchev–Trinajstić information content (AvgIpc) is 2.46. The van der Waals surface area contributed by atoms with Gasteiger partial charge in [0.25, 0.3) is 0 Å². The van der Waals surface area contributed by atoms with E-state index in [1.54, 1.807) is 0 Å². The number of aryl methyl sites for hydroxylation is 1. The summed E-state index contributed by atoms with van der Waals surface area (Å²) in [6.45, 7) is 6.26. The van der Waals surface area contributed by atoms with Crippen LogP contribution in [0, 0.1) is 6.92 Å². The Morgan fingerprint density at radius 3 is 2.00 bits per heavy atom. The third-order valence-electron chi connectivity index (χ3n) is 3.24. The molecule has 0 spiro atoms. The Balaban J connectivity index is 2.27. The van der Waals surface area contributed by atoms with E-state index in [2.05, 4.69) is 79.9 Å². The van der Waals surface area contributed by atoms with Crippen molar-refractivity contribution in [3.05, 3.63) is 71.3 Å². The van der Waals surface area contributed by atoms with Gasteiger partial charge in [-0.15, -0.1) is 0 Å². The fourth-order valence-corrected chi connectivity index (χ4v) is 2.55. The van der Waals surface area contributed by atoms with Crippen LogP contribution >= 0.6 is 12.2 Å². The molecule has 2 aromatic carbocycles. The monoisotopic (exact) mass is 298 g/mol. The molecule has 2 N–H and O–H groups in total. The smallest absolute Gasteiger partial charge is 0.167 e. The number of thiocarbonyl (C=S) groups is 1. The lowest BCUT2D eigenvalue weighted by Gasteiger charge is -2.23. The average molecular weight is 298 g/mol. The topological polar surface area (TPSA) is 24.1 Å². The molecule has 0 aliphatic rings. The van der Waals surface area contributed by atoms with E-state index in [0.717, 1.165) is 0 Å². The third kappa shape index (κ3) is 4.57. The first-order valence-electron chi connectivity index (χ1n) is 7.25. The Hall–Kier alpha value is -1.87. The molecule has 0 aliphatic heterocycles. The second-order valence-corrected chi connectivity index (χ2v) is 5.94. The van der Waals surface area contributed by atoms with E-state index >= 15 is 0 Å². The van der Waals surface area contributed by atoms with Crippen molar-refractivity contribution in [1.82, 2.24) is 10.6 Å². The maximum Gasteiger partial charge on any atom is 0.167 e. The largest absolute Gasteiger partial charge is 0.361 e. The van der Waals surface area contributed by atoms with Crippen molar-refractivity contribution < 1.29 is 0 Å². The predicted molar refractivity (Wildman–Crippen MR) is 93.5 cm³/mol. The Kier molecular flexibility index (Phi) is 5.34. The first-order chi connectivity index (χ1) is 10.1. The van der Waals surface area contributed by atoms with Crippen molar-refractivity contribution in [3.8, 4) is 0 Å². The van der Waals surface area contributed by atoms with Gasteiger partial charge in [0.15, 0.2) is 5.11 Å². The van der Waals surface area contributed by atoms with Crippen LogP contribution in [-0.4, -0.2) is 11.2 Å². The molecule has 2 rings (SSSR count). The van der Waals surface area contributed by atoms with Gasteiger partial charge in [-0.3, -0.25) is 0 Å². The maximum absolute atomic E-state index is 5.41. The lowest BCUT2D eigenvalue weighted by molar-refractivity contribution is 0.683. The number of benzene rings is 2. The fraction of sp³-hybridized carbons (Fsp3) is 0.278. The SMILES string of the molecule is Cc1ccc([C@@H](NC(=S)NC(C)C)c2ccccc2)cc1. The zero-order chi connectivity index (χ0) is 15.2. The summed E-state index contributed by atoms with van der Waals surface area (Å²) in [5.41, 5.74) is 3.67. The summed E-state index contributed by atoms with van der Waals surface area (Å²) >= 11 is 5.41. The van der Waals surface area contributed by atoms with E-state index in [-0.39, 0.29) is 6.04 Å². The number of hydrogen-bond donors (Lipinski definition) is 2. The van der Waals surface area contributed by atoms with Crippen molar-refractivity contribution in [2.75, 3.05) is 0 Å². The van der Waals surface area contributed by atoms with Gasteiger partial charge in [0.05, 0.1) is 6.04 Å². The summed E-state index contributed by atoms with van der Waals surface area (Å²) in [6, 6.07) is 19.3. The van der Waals surface area contributed by atoms with E-state index < -0.39 is 0 Å². The fourth-order valence-electron chi connectivity index (χ4n) is 2.20. The van der Waals surface area contributed by atoms with Crippen LogP contribution in [0.1, 0.15) is 36.6 Å². The van der Waals surface area contributed by atoms with Crippen LogP contribution in [0.5, 0.6) is 0 Å². The highest BCUT2D eigenvalue weighted by Gasteiger charge is 2.15. The van der Waals surface area contributed by atoms with E-state index in [1.807, 2.05) is 6.07 Å². The molecule has 0 fully saturated rings. The molecule has 0 radical (unpaired) electrons. The molecule has 0 amide bonds. The van der Waals surface area contributed by atoms with Gasteiger partial charge in [-0.25, -0.2) is 0 Å². The summed E-state index contributed by atoms with van der Waals surface area (Å²) in [7, 11) is 0. The minimum atomic E-state index is 0.0607. The van der Waals surface area contributed by atoms with Crippen molar-refractivity contribution >= 4 is 17.3 Å². The molecule has 0 bridgehead atoms. The van der Waals surface area contributed by atoms with Crippen molar-refractivity contribution in [3.63, 3.8) is 0 Å². The van der Waals surface area contributed by atoms with E-state index in [1.165, 1.54) is 16.7 Å². The molecule has 0 aromatic heterocycles.